The van der Waals surface area contributed by atoms with Gasteiger partial charge in [0.25, 0.3) is 0 Å². The van der Waals surface area contributed by atoms with Gasteiger partial charge < -0.3 is 8.92 Å². The molecule has 0 bridgehead atoms. The highest BCUT2D eigenvalue weighted by atomic mass is 32.2. The molecule has 5 nitrogen and oxygen atoms in total. The molecule has 1 aromatic rings. The molecule has 1 aromatic carbocycles. The van der Waals surface area contributed by atoms with Gasteiger partial charge in [0.05, 0.1) is 12.2 Å². The van der Waals surface area contributed by atoms with Crippen LogP contribution in [0.5, 0.6) is 5.75 Å². The normalized spacial score (nSPS) is 12.1. The van der Waals surface area contributed by atoms with Gasteiger partial charge in [-0.3, -0.25) is 0 Å². The van der Waals surface area contributed by atoms with Gasteiger partial charge in [0.1, 0.15) is 5.75 Å². The van der Waals surface area contributed by atoms with Crippen molar-refractivity contribution in [2.45, 2.75) is 19.4 Å². The Bertz CT molecular complexity index is 607. The van der Waals surface area contributed by atoms with Gasteiger partial charge in [-0.2, -0.15) is 21.6 Å². The average molecular weight is 312 g/mol. The number of carbonyl (C=O) groups is 1. The number of halogens is 3. The van der Waals surface area contributed by atoms with E-state index in [1.54, 1.807) is 6.92 Å². The zero-order chi connectivity index (χ0) is 15.6. The van der Waals surface area contributed by atoms with Gasteiger partial charge in [0, 0.05) is 0 Å². The van der Waals surface area contributed by atoms with Crippen molar-refractivity contribution in [3.63, 3.8) is 0 Å². The predicted molar refractivity (Wildman–Crippen MR) is 62.7 cm³/mol. The molecular formula is C11H11F3O5S. The van der Waals surface area contributed by atoms with Gasteiger partial charge in [-0.05, 0) is 37.6 Å². The molecule has 112 valence electrons. The quantitative estimate of drug-likeness (QED) is 0.485. The van der Waals surface area contributed by atoms with Gasteiger partial charge >= 0.3 is 21.6 Å². The second-order valence-electron chi connectivity index (χ2n) is 3.68. The molecule has 0 N–H and O–H groups in total. The second kappa shape index (κ2) is 5.70. The summed E-state index contributed by atoms with van der Waals surface area (Å²) in [7, 11) is -5.73. The lowest BCUT2D eigenvalue weighted by molar-refractivity contribution is -0.0500. The Morgan fingerprint density at radius 1 is 1.30 bits per heavy atom. The van der Waals surface area contributed by atoms with Gasteiger partial charge in [0.2, 0.25) is 0 Å². The van der Waals surface area contributed by atoms with Crippen molar-refractivity contribution in [1.29, 1.82) is 0 Å². The largest absolute Gasteiger partial charge is 0.534 e. The fourth-order valence-corrected chi connectivity index (χ4v) is 1.77. The molecule has 0 atom stereocenters. The Balaban J connectivity index is 3.04. The second-order valence-corrected chi connectivity index (χ2v) is 5.22. The van der Waals surface area contributed by atoms with E-state index in [1.807, 2.05) is 0 Å². The van der Waals surface area contributed by atoms with Crippen LogP contribution in [-0.4, -0.2) is 26.5 Å². The molecule has 0 amide bonds. The van der Waals surface area contributed by atoms with Crippen molar-refractivity contribution < 1.29 is 35.3 Å². The van der Waals surface area contributed by atoms with E-state index in [4.69, 9.17) is 4.74 Å². The lowest BCUT2D eigenvalue weighted by Crippen LogP contribution is -2.28. The molecule has 0 aliphatic heterocycles. The predicted octanol–water partition coefficient (Wildman–Crippen LogP) is 2.40. The zero-order valence-corrected chi connectivity index (χ0v) is 11.3. The minimum atomic E-state index is -5.73. The molecule has 0 aliphatic carbocycles. The van der Waals surface area contributed by atoms with Crippen molar-refractivity contribution in [2.24, 2.45) is 0 Å². The number of hydrogen-bond donors (Lipinski definition) is 0. The summed E-state index contributed by atoms with van der Waals surface area (Å²) >= 11 is 0. The molecule has 0 heterocycles. The van der Waals surface area contributed by atoms with E-state index in [9.17, 15) is 26.4 Å². The third-order valence-electron chi connectivity index (χ3n) is 2.17. The first-order valence-electron chi connectivity index (χ1n) is 5.37. The minimum Gasteiger partial charge on any atom is -0.462 e. The fraction of sp³-hybridized carbons (Fsp3) is 0.364. The van der Waals surface area contributed by atoms with Crippen molar-refractivity contribution in [2.75, 3.05) is 6.61 Å². The summed E-state index contributed by atoms with van der Waals surface area (Å²) in [5, 5.41) is 0. The first-order chi connectivity index (χ1) is 9.08. The van der Waals surface area contributed by atoms with E-state index in [2.05, 4.69) is 4.18 Å². The number of aryl methyl sites for hydroxylation is 1. The van der Waals surface area contributed by atoms with E-state index < -0.39 is 27.3 Å². The van der Waals surface area contributed by atoms with Crippen molar-refractivity contribution in [1.82, 2.24) is 0 Å². The van der Waals surface area contributed by atoms with Gasteiger partial charge in [-0.1, -0.05) is 0 Å². The number of ether oxygens (including phenoxy) is 1. The summed E-state index contributed by atoms with van der Waals surface area (Å²) in [6.45, 7) is 3.04. The van der Waals surface area contributed by atoms with Crippen LogP contribution in [-0.2, 0) is 14.9 Å². The van der Waals surface area contributed by atoms with Crippen LogP contribution >= 0.6 is 0 Å². The maximum Gasteiger partial charge on any atom is 0.534 e. The number of alkyl halides is 3. The fourth-order valence-electron chi connectivity index (χ4n) is 1.25. The van der Waals surface area contributed by atoms with Crippen LogP contribution in [0.1, 0.15) is 22.8 Å². The van der Waals surface area contributed by atoms with Crippen LogP contribution in [0.25, 0.3) is 0 Å². The van der Waals surface area contributed by atoms with Crippen LogP contribution in [0.4, 0.5) is 13.2 Å². The van der Waals surface area contributed by atoms with E-state index in [-0.39, 0.29) is 17.7 Å². The third-order valence-corrected chi connectivity index (χ3v) is 3.13. The molecule has 0 saturated heterocycles. The number of carbonyl (C=O) groups excluding carboxylic acids is 1. The minimum absolute atomic E-state index is 0.0587. The SMILES string of the molecule is CCOC(=O)c1ccc(OS(=O)(=O)C(F)(F)F)c(C)c1. The summed E-state index contributed by atoms with van der Waals surface area (Å²) in [6, 6.07) is 3.26. The van der Waals surface area contributed by atoms with Crippen LogP contribution in [0, 0.1) is 6.92 Å². The lowest BCUT2D eigenvalue weighted by atomic mass is 10.1. The molecule has 1 rings (SSSR count). The van der Waals surface area contributed by atoms with Crippen molar-refractivity contribution >= 4 is 16.1 Å². The number of rotatable bonds is 4. The lowest BCUT2D eigenvalue weighted by Gasteiger charge is -2.12. The highest BCUT2D eigenvalue weighted by molar-refractivity contribution is 7.88. The molecule has 0 saturated carbocycles. The van der Waals surface area contributed by atoms with Crippen LogP contribution in [0.3, 0.4) is 0 Å². The topological polar surface area (TPSA) is 69.7 Å². The number of esters is 1. The summed E-state index contributed by atoms with van der Waals surface area (Å²) in [5.74, 6) is -1.17. The van der Waals surface area contributed by atoms with Crippen molar-refractivity contribution in [3.05, 3.63) is 29.3 Å². The first-order valence-corrected chi connectivity index (χ1v) is 6.78. The standard InChI is InChI=1S/C11H11F3O5S/c1-3-18-10(15)8-4-5-9(7(2)6-8)19-20(16,17)11(12,13)14/h4-6H,3H2,1-2H3. The highest BCUT2D eigenvalue weighted by Crippen LogP contribution is 2.29. The van der Waals surface area contributed by atoms with Gasteiger partial charge in [-0.25, -0.2) is 4.79 Å². The summed E-state index contributed by atoms with van der Waals surface area (Å²) in [6.07, 6.45) is 0. The Morgan fingerprint density at radius 2 is 1.90 bits per heavy atom. The first kappa shape index (κ1) is 16.3. The molecule has 0 unspecified atom stereocenters. The maximum atomic E-state index is 12.2. The van der Waals surface area contributed by atoms with Crippen LogP contribution in [0.15, 0.2) is 18.2 Å². The summed E-state index contributed by atoms with van der Waals surface area (Å²) in [4.78, 5) is 11.4. The van der Waals surface area contributed by atoms with Crippen molar-refractivity contribution in [3.8, 4) is 5.75 Å². The molecule has 0 fully saturated rings. The average Bonchev–Trinajstić information content (AvgIpc) is 2.30. The number of hydrogen-bond acceptors (Lipinski definition) is 5. The Kier molecular flexibility index (Phi) is 4.64. The van der Waals surface area contributed by atoms with E-state index in [0.29, 0.717) is 0 Å². The van der Waals surface area contributed by atoms with E-state index in [1.165, 1.54) is 13.0 Å². The van der Waals surface area contributed by atoms with Gasteiger partial charge in [0.15, 0.2) is 0 Å². The van der Waals surface area contributed by atoms with E-state index in [0.717, 1.165) is 12.1 Å². The molecule has 20 heavy (non-hydrogen) atoms. The maximum absolute atomic E-state index is 12.2. The molecule has 0 aliphatic rings. The monoisotopic (exact) mass is 312 g/mol. The highest BCUT2D eigenvalue weighted by Gasteiger charge is 2.48. The summed E-state index contributed by atoms with van der Waals surface area (Å²) < 4.78 is 66.9. The molecular weight excluding hydrogens is 301 g/mol. The Hall–Kier alpha value is -1.77. The molecule has 0 spiro atoms. The summed E-state index contributed by atoms with van der Waals surface area (Å²) in [5.41, 5.74) is -5.37. The Morgan fingerprint density at radius 3 is 2.35 bits per heavy atom. The van der Waals surface area contributed by atoms with Gasteiger partial charge in [-0.15, -0.1) is 0 Å². The molecule has 9 heteroatoms. The van der Waals surface area contributed by atoms with E-state index >= 15 is 0 Å². The number of benzene rings is 1. The Labute approximate surface area is 113 Å². The molecule has 0 aromatic heterocycles. The van der Waals surface area contributed by atoms with Crippen LogP contribution in [0.2, 0.25) is 0 Å². The van der Waals surface area contributed by atoms with Crippen LogP contribution < -0.4 is 4.18 Å². The smallest absolute Gasteiger partial charge is 0.462 e. The third kappa shape index (κ3) is 3.62. The molecule has 0 radical (unpaired) electrons. The zero-order valence-electron chi connectivity index (χ0n) is 10.5.